The number of carbonyl (C=O) groups is 1. The van der Waals surface area contributed by atoms with Crippen LogP contribution in [0.15, 0.2) is 23.2 Å². The Balaban J connectivity index is 2.65. The standard InChI is InChI=1S/C8H13N5O4S/c9-8(14)17-4-3-12-18(15,16)6-1-2-11-7(5-6)13-10/h1-2,5,12H,3-4,10H2,(H2,9,14)(H,11,13). The molecule has 1 amide bonds. The first-order valence-electron chi connectivity index (χ1n) is 4.80. The summed E-state index contributed by atoms with van der Waals surface area (Å²) in [5, 5.41) is 0. The maximum atomic E-state index is 11.8. The van der Waals surface area contributed by atoms with Gasteiger partial charge < -0.3 is 15.9 Å². The number of aromatic nitrogens is 1. The van der Waals surface area contributed by atoms with Gasteiger partial charge in [0.2, 0.25) is 10.0 Å². The van der Waals surface area contributed by atoms with Crippen molar-refractivity contribution in [2.45, 2.75) is 4.90 Å². The Labute approximate surface area is 104 Å². The zero-order chi connectivity index (χ0) is 13.6. The highest BCUT2D eigenvalue weighted by molar-refractivity contribution is 7.89. The van der Waals surface area contributed by atoms with Gasteiger partial charge in [0, 0.05) is 18.8 Å². The van der Waals surface area contributed by atoms with E-state index >= 15 is 0 Å². The summed E-state index contributed by atoms with van der Waals surface area (Å²) in [5.41, 5.74) is 6.95. The molecule has 0 fully saturated rings. The van der Waals surface area contributed by atoms with Crippen molar-refractivity contribution in [2.24, 2.45) is 11.6 Å². The SMILES string of the molecule is NNc1cc(S(=O)(=O)NCCOC(N)=O)ccn1. The van der Waals surface area contributed by atoms with E-state index in [-0.39, 0.29) is 23.9 Å². The average molecular weight is 275 g/mol. The van der Waals surface area contributed by atoms with Crippen LogP contribution in [0.1, 0.15) is 0 Å². The summed E-state index contributed by atoms with van der Waals surface area (Å²) in [6, 6.07) is 2.56. The number of ether oxygens (including phenoxy) is 1. The molecule has 0 aliphatic carbocycles. The van der Waals surface area contributed by atoms with E-state index in [0.29, 0.717) is 0 Å². The highest BCUT2D eigenvalue weighted by atomic mass is 32.2. The number of rotatable bonds is 6. The first kappa shape index (κ1) is 14.2. The number of anilines is 1. The predicted molar refractivity (Wildman–Crippen MR) is 62.8 cm³/mol. The molecular formula is C8H13N5O4S. The normalized spacial score (nSPS) is 10.9. The van der Waals surface area contributed by atoms with Gasteiger partial charge in [0.1, 0.15) is 12.4 Å². The number of nitrogens with two attached hydrogens (primary N) is 2. The van der Waals surface area contributed by atoms with E-state index in [0.717, 1.165) is 0 Å². The second-order valence-corrected chi connectivity index (χ2v) is 4.85. The highest BCUT2D eigenvalue weighted by Crippen LogP contribution is 2.11. The maximum absolute atomic E-state index is 11.8. The Morgan fingerprint density at radius 2 is 2.22 bits per heavy atom. The molecule has 1 rings (SSSR count). The zero-order valence-electron chi connectivity index (χ0n) is 9.29. The number of hydrazine groups is 1. The minimum atomic E-state index is -3.71. The molecule has 0 spiro atoms. The third-order valence-corrected chi connectivity index (χ3v) is 3.29. The number of carbonyl (C=O) groups excluding carboxylic acids is 1. The Bertz CT molecular complexity index is 518. The molecule has 1 aromatic heterocycles. The number of nitrogens with zero attached hydrogens (tertiary/aromatic N) is 1. The van der Waals surface area contributed by atoms with Crippen LogP contribution in [0.25, 0.3) is 0 Å². The average Bonchev–Trinajstić information content (AvgIpc) is 2.34. The maximum Gasteiger partial charge on any atom is 0.404 e. The number of sulfonamides is 1. The zero-order valence-corrected chi connectivity index (χ0v) is 10.1. The van der Waals surface area contributed by atoms with Crippen LogP contribution in [0.2, 0.25) is 0 Å². The number of nitrogens with one attached hydrogen (secondary N) is 2. The van der Waals surface area contributed by atoms with E-state index in [1.807, 2.05) is 0 Å². The van der Waals surface area contributed by atoms with Gasteiger partial charge in [-0.05, 0) is 6.07 Å². The van der Waals surface area contributed by atoms with Crippen LogP contribution in [0.5, 0.6) is 0 Å². The minimum Gasteiger partial charge on any atom is -0.448 e. The van der Waals surface area contributed by atoms with Crippen molar-refractivity contribution in [3.05, 3.63) is 18.3 Å². The molecule has 0 aromatic carbocycles. The van der Waals surface area contributed by atoms with Crippen molar-refractivity contribution < 1.29 is 17.9 Å². The van der Waals surface area contributed by atoms with Crippen LogP contribution < -0.4 is 21.7 Å². The van der Waals surface area contributed by atoms with Crippen LogP contribution in [0.3, 0.4) is 0 Å². The lowest BCUT2D eigenvalue weighted by Gasteiger charge is -2.07. The summed E-state index contributed by atoms with van der Waals surface area (Å²) in [7, 11) is -3.71. The Morgan fingerprint density at radius 1 is 1.50 bits per heavy atom. The summed E-state index contributed by atoms with van der Waals surface area (Å²) < 4.78 is 30.1. The summed E-state index contributed by atoms with van der Waals surface area (Å²) in [6.45, 7) is -0.235. The monoisotopic (exact) mass is 275 g/mol. The molecule has 0 unspecified atom stereocenters. The van der Waals surface area contributed by atoms with Crippen molar-refractivity contribution >= 4 is 21.9 Å². The molecule has 18 heavy (non-hydrogen) atoms. The van der Waals surface area contributed by atoms with Gasteiger partial charge in [-0.25, -0.2) is 28.8 Å². The number of nitrogen functional groups attached to an aromatic ring is 1. The fourth-order valence-electron chi connectivity index (χ4n) is 1.07. The molecule has 1 aromatic rings. The molecule has 9 nitrogen and oxygen atoms in total. The van der Waals surface area contributed by atoms with Gasteiger partial charge in [-0.1, -0.05) is 0 Å². The van der Waals surface area contributed by atoms with Crippen LogP contribution >= 0.6 is 0 Å². The summed E-state index contributed by atoms with van der Waals surface area (Å²) in [6.07, 6.45) is 0.330. The lowest BCUT2D eigenvalue weighted by Crippen LogP contribution is -2.29. The van der Waals surface area contributed by atoms with E-state index in [4.69, 9.17) is 11.6 Å². The molecule has 0 saturated heterocycles. The van der Waals surface area contributed by atoms with Crippen molar-refractivity contribution in [3.63, 3.8) is 0 Å². The first-order chi connectivity index (χ1) is 8.45. The van der Waals surface area contributed by atoms with E-state index < -0.39 is 16.1 Å². The number of hydrogen-bond acceptors (Lipinski definition) is 7. The van der Waals surface area contributed by atoms with Crippen molar-refractivity contribution in [1.29, 1.82) is 0 Å². The Hall–Kier alpha value is -1.91. The molecule has 0 aliphatic heterocycles. The van der Waals surface area contributed by atoms with Gasteiger partial charge in [0.05, 0.1) is 4.90 Å². The van der Waals surface area contributed by atoms with Crippen LogP contribution in [0.4, 0.5) is 10.6 Å². The third kappa shape index (κ3) is 4.16. The summed E-state index contributed by atoms with van der Waals surface area (Å²) in [4.78, 5) is 14.0. The Kier molecular flexibility index (Phi) is 4.83. The fourth-order valence-corrected chi connectivity index (χ4v) is 2.09. The quantitative estimate of drug-likeness (QED) is 0.287. The summed E-state index contributed by atoms with van der Waals surface area (Å²) in [5.74, 6) is 5.33. The molecular weight excluding hydrogens is 262 g/mol. The van der Waals surface area contributed by atoms with Crippen molar-refractivity contribution in [1.82, 2.24) is 9.71 Å². The van der Waals surface area contributed by atoms with Crippen LogP contribution in [-0.2, 0) is 14.8 Å². The molecule has 0 atom stereocenters. The smallest absolute Gasteiger partial charge is 0.404 e. The molecule has 0 aliphatic rings. The number of hydrogen-bond donors (Lipinski definition) is 4. The Morgan fingerprint density at radius 3 is 2.83 bits per heavy atom. The topological polar surface area (TPSA) is 149 Å². The third-order valence-electron chi connectivity index (χ3n) is 1.83. The lowest BCUT2D eigenvalue weighted by atomic mass is 10.5. The van der Waals surface area contributed by atoms with Gasteiger partial charge in [-0.3, -0.25) is 0 Å². The van der Waals surface area contributed by atoms with E-state index in [2.05, 4.69) is 19.9 Å². The van der Waals surface area contributed by atoms with Gasteiger partial charge in [0.25, 0.3) is 0 Å². The molecule has 0 bridgehead atoms. The molecule has 0 radical (unpaired) electrons. The highest BCUT2D eigenvalue weighted by Gasteiger charge is 2.14. The largest absolute Gasteiger partial charge is 0.448 e. The minimum absolute atomic E-state index is 0.00970. The second-order valence-electron chi connectivity index (χ2n) is 3.09. The van der Waals surface area contributed by atoms with E-state index in [1.165, 1.54) is 18.3 Å². The van der Waals surface area contributed by atoms with Crippen LogP contribution in [0, 0.1) is 0 Å². The van der Waals surface area contributed by atoms with Crippen molar-refractivity contribution in [2.75, 3.05) is 18.6 Å². The predicted octanol–water partition coefficient (Wildman–Crippen LogP) is -1.26. The van der Waals surface area contributed by atoms with E-state index in [1.54, 1.807) is 0 Å². The fraction of sp³-hybridized carbons (Fsp3) is 0.250. The first-order valence-corrected chi connectivity index (χ1v) is 6.28. The van der Waals surface area contributed by atoms with Gasteiger partial charge in [-0.2, -0.15) is 0 Å². The molecule has 0 saturated carbocycles. The number of amides is 1. The molecule has 1 heterocycles. The number of pyridine rings is 1. The van der Waals surface area contributed by atoms with Gasteiger partial charge >= 0.3 is 6.09 Å². The lowest BCUT2D eigenvalue weighted by molar-refractivity contribution is 0.159. The molecule has 100 valence electrons. The summed E-state index contributed by atoms with van der Waals surface area (Å²) >= 11 is 0. The van der Waals surface area contributed by atoms with Crippen LogP contribution in [-0.4, -0.2) is 32.6 Å². The number of primary amides is 1. The molecule has 6 N–H and O–H groups in total. The van der Waals surface area contributed by atoms with Gasteiger partial charge in [-0.15, -0.1) is 0 Å². The van der Waals surface area contributed by atoms with Crippen molar-refractivity contribution in [3.8, 4) is 0 Å². The molecule has 10 heteroatoms. The second kappa shape index (κ2) is 6.14. The van der Waals surface area contributed by atoms with Gasteiger partial charge in [0.15, 0.2) is 0 Å². The van der Waals surface area contributed by atoms with E-state index in [9.17, 15) is 13.2 Å².